The number of allylic oxidation sites excluding steroid dienone is 4. The maximum atomic E-state index is 2.48. The van der Waals surface area contributed by atoms with Crippen molar-refractivity contribution in [1.82, 2.24) is 9.80 Å². The third-order valence-corrected chi connectivity index (χ3v) is 4.04. The fourth-order valence-corrected chi connectivity index (χ4v) is 3.07. The van der Waals surface area contributed by atoms with Crippen LogP contribution in [0.5, 0.6) is 0 Å². The molecule has 1 saturated heterocycles. The van der Waals surface area contributed by atoms with Gasteiger partial charge in [-0.25, -0.2) is 0 Å². The minimum absolute atomic E-state index is 0.484. The molecule has 0 amide bonds. The van der Waals surface area contributed by atoms with Crippen LogP contribution in [0.3, 0.4) is 0 Å². The molecule has 0 saturated carbocycles. The first kappa shape index (κ1) is 10.1. The highest BCUT2D eigenvalue weighted by Crippen LogP contribution is 2.30. The van der Waals surface area contributed by atoms with Gasteiger partial charge in [0.15, 0.2) is 0 Å². The van der Waals surface area contributed by atoms with Gasteiger partial charge in [0.2, 0.25) is 0 Å². The number of hydrogen-bond donors (Lipinski definition) is 0. The Bertz CT molecular complexity index is 318. The fraction of sp³-hybridized carbons (Fsp3) is 0.429. The van der Waals surface area contributed by atoms with Crippen molar-refractivity contribution in [3.05, 3.63) is 48.6 Å². The van der Waals surface area contributed by atoms with E-state index in [9.17, 15) is 0 Å². The molecule has 4 bridgehead atoms. The van der Waals surface area contributed by atoms with E-state index in [1.54, 1.807) is 0 Å². The molecule has 4 atom stereocenters. The van der Waals surface area contributed by atoms with Crippen LogP contribution in [0.25, 0.3) is 0 Å². The molecule has 0 aromatic rings. The highest BCUT2D eigenvalue weighted by atomic mass is 15.3. The van der Waals surface area contributed by atoms with Crippen LogP contribution in [-0.4, -0.2) is 48.1 Å². The van der Waals surface area contributed by atoms with Gasteiger partial charge in [0, 0.05) is 24.2 Å². The Labute approximate surface area is 97.2 Å². The second-order valence-corrected chi connectivity index (χ2v) is 4.83. The molecule has 0 spiro atoms. The molecule has 3 aliphatic rings. The number of hydrogen-bond acceptors (Lipinski definition) is 2. The van der Waals surface area contributed by atoms with E-state index in [1.807, 2.05) is 0 Å². The third-order valence-electron chi connectivity index (χ3n) is 4.04. The predicted octanol–water partition coefficient (Wildman–Crippen LogP) is 1.59. The third kappa shape index (κ3) is 1.34. The zero-order valence-corrected chi connectivity index (χ0v) is 9.82. The molecule has 2 heteroatoms. The standard InChI is InChI=1S/C14H18N2/c1-15-11-7-3-4-8-12(15)14-10-6-5-9-13(11)16(14)2/h3-14H,1-2H3. The lowest BCUT2D eigenvalue weighted by atomic mass is 9.93. The molecule has 0 aromatic heterocycles. The van der Waals surface area contributed by atoms with Crippen LogP contribution in [0.4, 0.5) is 0 Å². The Balaban J connectivity index is 2.09. The number of rotatable bonds is 0. The van der Waals surface area contributed by atoms with Crippen molar-refractivity contribution in [2.45, 2.75) is 24.2 Å². The first-order valence-electron chi connectivity index (χ1n) is 5.93. The molecular formula is C14H18N2. The SMILES string of the molecule is CN1C2C=CC=CC1C1C=CC=CC2N1C. The molecule has 0 radical (unpaired) electrons. The van der Waals surface area contributed by atoms with Crippen LogP contribution < -0.4 is 0 Å². The van der Waals surface area contributed by atoms with Crippen LogP contribution in [0, 0.1) is 0 Å². The molecule has 3 aliphatic heterocycles. The van der Waals surface area contributed by atoms with E-state index in [2.05, 4.69) is 72.5 Å². The summed E-state index contributed by atoms with van der Waals surface area (Å²) in [6.07, 6.45) is 18.0. The van der Waals surface area contributed by atoms with Crippen molar-refractivity contribution >= 4 is 0 Å². The van der Waals surface area contributed by atoms with E-state index in [4.69, 9.17) is 0 Å². The molecule has 16 heavy (non-hydrogen) atoms. The number of fused-ring (bicyclic) bond motifs is 6. The zero-order valence-electron chi connectivity index (χ0n) is 9.82. The van der Waals surface area contributed by atoms with E-state index < -0.39 is 0 Å². The van der Waals surface area contributed by atoms with Gasteiger partial charge in [0.25, 0.3) is 0 Å². The summed E-state index contributed by atoms with van der Waals surface area (Å²) < 4.78 is 0. The van der Waals surface area contributed by atoms with Crippen LogP contribution >= 0.6 is 0 Å². The Hall–Kier alpha value is -1.12. The van der Waals surface area contributed by atoms with E-state index in [0.29, 0.717) is 24.2 Å². The Morgan fingerprint density at radius 1 is 0.562 bits per heavy atom. The van der Waals surface area contributed by atoms with Gasteiger partial charge < -0.3 is 0 Å². The van der Waals surface area contributed by atoms with Crippen LogP contribution in [0.2, 0.25) is 0 Å². The Morgan fingerprint density at radius 2 is 0.812 bits per heavy atom. The van der Waals surface area contributed by atoms with E-state index >= 15 is 0 Å². The van der Waals surface area contributed by atoms with Crippen molar-refractivity contribution in [3.8, 4) is 0 Å². The van der Waals surface area contributed by atoms with E-state index in [1.165, 1.54) is 0 Å². The smallest absolute Gasteiger partial charge is 0.0476 e. The van der Waals surface area contributed by atoms with Gasteiger partial charge in [0.05, 0.1) is 0 Å². The van der Waals surface area contributed by atoms with Gasteiger partial charge in [-0.15, -0.1) is 0 Å². The summed E-state index contributed by atoms with van der Waals surface area (Å²) in [5.41, 5.74) is 0. The minimum Gasteiger partial charge on any atom is -0.290 e. The monoisotopic (exact) mass is 214 g/mol. The summed E-state index contributed by atoms with van der Waals surface area (Å²) in [5, 5.41) is 0. The highest BCUT2D eigenvalue weighted by molar-refractivity contribution is 5.29. The van der Waals surface area contributed by atoms with Crippen LogP contribution in [0.1, 0.15) is 0 Å². The molecule has 84 valence electrons. The average Bonchev–Trinajstić information content (AvgIpc) is 2.48. The summed E-state index contributed by atoms with van der Waals surface area (Å²) in [6.45, 7) is 0. The van der Waals surface area contributed by atoms with Gasteiger partial charge in [-0.1, -0.05) is 48.6 Å². The second kappa shape index (κ2) is 3.72. The molecule has 3 heterocycles. The fourth-order valence-electron chi connectivity index (χ4n) is 3.07. The number of piperazine rings is 1. The van der Waals surface area contributed by atoms with Gasteiger partial charge in [0.1, 0.15) is 0 Å². The maximum Gasteiger partial charge on any atom is 0.0476 e. The van der Waals surface area contributed by atoms with Gasteiger partial charge in [-0.2, -0.15) is 0 Å². The molecule has 0 aliphatic carbocycles. The van der Waals surface area contributed by atoms with E-state index in [0.717, 1.165) is 0 Å². The summed E-state index contributed by atoms with van der Waals surface area (Å²) in [5.74, 6) is 0. The lowest BCUT2D eigenvalue weighted by Crippen LogP contribution is -2.63. The first-order chi connectivity index (χ1) is 7.79. The largest absolute Gasteiger partial charge is 0.290 e. The van der Waals surface area contributed by atoms with Crippen molar-refractivity contribution < 1.29 is 0 Å². The predicted molar refractivity (Wildman–Crippen MR) is 67.2 cm³/mol. The van der Waals surface area contributed by atoms with Crippen molar-refractivity contribution in [2.24, 2.45) is 0 Å². The molecule has 0 N–H and O–H groups in total. The van der Waals surface area contributed by atoms with Crippen molar-refractivity contribution in [2.75, 3.05) is 14.1 Å². The molecule has 1 fully saturated rings. The lowest BCUT2D eigenvalue weighted by Gasteiger charge is -2.50. The summed E-state index contributed by atoms with van der Waals surface area (Å²) >= 11 is 0. The van der Waals surface area contributed by atoms with Crippen LogP contribution in [0.15, 0.2) is 48.6 Å². The summed E-state index contributed by atoms with van der Waals surface area (Å²) in [4.78, 5) is 4.96. The lowest BCUT2D eigenvalue weighted by molar-refractivity contribution is 0.0392. The second-order valence-electron chi connectivity index (χ2n) is 4.83. The first-order valence-corrected chi connectivity index (χ1v) is 5.93. The number of likely N-dealkylation sites (N-methyl/N-ethyl adjacent to an activating group) is 2. The van der Waals surface area contributed by atoms with Gasteiger partial charge in [-0.05, 0) is 14.1 Å². The van der Waals surface area contributed by atoms with Crippen LogP contribution in [-0.2, 0) is 0 Å². The zero-order chi connectivity index (χ0) is 11.1. The summed E-state index contributed by atoms with van der Waals surface area (Å²) in [7, 11) is 4.46. The van der Waals surface area contributed by atoms with E-state index in [-0.39, 0.29) is 0 Å². The molecule has 3 rings (SSSR count). The molecule has 4 unspecified atom stereocenters. The topological polar surface area (TPSA) is 6.48 Å². The average molecular weight is 214 g/mol. The van der Waals surface area contributed by atoms with Crippen molar-refractivity contribution in [3.63, 3.8) is 0 Å². The minimum atomic E-state index is 0.484. The number of nitrogens with zero attached hydrogens (tertiary/aromatic N) is 2. The molecule has 2 nitrogen and oxygen atoms in total. The highest BCUT2D eigenvalue weighted by Gasteiger charge is 2.41. The van der Waals surface area contributed by atoms with Gasteiger partial charge >= 0.3 is 0 Å². The molecule has 0 aromatic carbocycles. The quantitative estimate of drug-likeness (QED) is 0.604. The normalized spacial score (nSPS) is 42.1. The maximum absolute atomic E-state index is 2.48. The Morgan fingerprint density at radius 3 is 1.06 bits per heavy atom. The van der Waals surface area contributed by atoms with Gasteiger partial charge in [-0.3, -0.25) is 9.80 Å². The summed E-state index contributed by atoms with van der Waals surface area (Å²) in [6, 6.07) is 1.93. The Kier molecular flexibility index (Phi) is 2.34. The molecular weight excluding hydrogens is 196 g/mol. The van der Waals surface area contributed by atoms with Crippen molar-refractivity contribution in [1.29, 1.82) is 0 Å².